The third-order valence-corrected chi connectivity index (χ3v) is 1.46. The van der Waals surface area contributed by atoms with Crippen molar-refractivity contribution in [1.82, 2.24) is 5.32 Å². The normalized spacial score (nSPS) is 20.0. The third kappa shape index (κ3) is 3.37. The first-order valence-electron chi connectivity index (χ1n) is 4.35. The van der Waals surface area contributed by atoms with E-state index >= 15 is 0 Å². The molecule has 0 aromatic rings. The Morgan fingerprint density at radius 2 is 2.08 bits per heavy atom. The molecule has 1 rings (SSSR count). The number of carbonyl (C=O) groups excluding carboxylic acids is 1. The predicted octanol–water partition coefficient (Wildman–Crippen LogP) is 2.03. The molecule has 0 fully saturated rings. The summed E-state index contributed by atoms with van der Waals surface area (Å²) >= 11 is 0. The zero-order valence-corrected chi connectivity index (χ0v) is 8.22. The van der Waals surface area contributed by atoms with Gasteiger partial charge in [-0.2, -0.15) is 0 Å². The van der Waals surface area contributed by atoms with Crippen LogP contribution in [0.2, 0.25) is 0 Å². The minimum Gasteiger partial charge on any atom is -0.385 e. The van der Waals surface area contributed by atoms with E-state index in [-0.39, 0.29) is 11.8 Å². The highest BCUT2D eigenvalue weighted by Crippen LogP contribution is 2.04. The van der Waals surface area contributed by atoms with Gasteiger partial charge in [0.05, 0.1) is 0 Å². The number of rotatable bonds is 1. The van der Waals surface area contributed by atoms with Crippen molar-refractivity contribution in [3.63, 3.8) is 0 Å². The molecule has 1 aliphatic rings. The van der Waals surface area contributed by atoms with E-state index in [1.165, 1.54) is 0 Å². The fourth-order valence-corrected chi connectivity index (χ4v) is 0.897. The van der Waals surface area contributed by atoms with E-state index < -0.39 is 0 Å². The average molecular weight is 167 g/mol. The topological polar surface area (TPSA) is 29.1 Å². The first-order chi connectivity index (χ1) is 5.70. The van der Waals surface area contributed by atoms with Crippen LogP contribution in [0.15, 0.2) is 23.9 Å². The number of allylic oxidation sites excluding steroid dienone is 2. The second kappa shape index (κ2) is 5.58. The van der Waals surface area contributed by atoms with E-state index in [0.29, 0.717) is 0 Å². The predicted molar refractivity (Wildman–Crippen MR) is 51.8 cm³/mol. The van der Waals surface area contributed by atoms with Gasteiger partial charge in [0.1, 0.15) is 0 Å². The van der Waals surface area contributed by atoms with E-state index in [2.05, 4.69) is 5.32 Å². The molecule has 0 amide bonds. The summed E-state index contributed by atoms with van der Waals surface area (Å²) in [5.41, 5.74) is 0.797. The number of hydrogen-bond acceptors (Lipinski definition) is 2. The van der Waals surface area contributed by atoms with E-state index in [1.54, 1.807) is 19.2 Å². The average Bonchev–Trinajstić information content (AvgIpc) is 2.08. The van der Waals surface area contributed by atoms with Gasteiger partial charge in [0, 0.05) is 11.6 Å². The van der Waals surface area contributed by atoms with Gasteiger partial charge in [0.15, 0.2) is 5.78 Å². The molecule has 12 heavy (non-hydrogen) atoms. The van der Waals surface area contributed by atoms with E-state index in [1.807, 2.05) is 26.8 Å². The van der Waals surface area contributed by atoms with Crippen LogP contribution in [-0.2, 0) is 4.79 Å². The van der Waals surface area contributed by atoms with E-state index in [9.17, 15) is 4.79 Å². The van der Waals surface area contributed by atoms with Gasteiger partial charge in [-0.05, 0) is 26.1 Å². The van der Waals surface area contributed by atoms with Crippen LogP contribution in [0, 0.1) is 0 Å². The van der Waals surface area contributed by atoms with Crippen molar-refractivity contribution >= 4 is 5.78 Å². The summed E-state index contributed by atoms with van der Waals surface area (Å²) in [7, 11) is 0. The Kier molecular flexibility index (Phi) is 5.09. The number of nitrogens with one attached hydrogen (secondary N) is 1. The highest BCUT2D eigenvalue weighted by Gasteiger charge is 2.05. The maximum absolute atomic E-state index is 10.8. The molecule has 1 unspecified atom stereocenters. The van der Waals surface area contributed by atoms with Gasteiger partial charge >= 0.3 is 0 Å². The van der Waals surface area contributed by atoms with E-state index in [0.717, 1.165) is 5.57 Å². The molecule has 1 heterocycles. The largest absolute Gasteiger partial charge is 0.385 e. The fraction of sp³-hybridized carbons (Fsp3) is 0.500. The van der Waals surface area contributed by atoms with Crippen molar-refractivity contribution in [3.8, 4) is 0 Å². The van der Waals surface area contributed by atoms with Gasteiger partial charge in [-0.3, -0.25) is 4.79 Å². The Balaban J connectivity index is 0.000000561. The monoisotopic (exact) mass is 167 g/mol. The summed E-state index contributed by atoms with van der Waals surface area (Å²) in [6, 6.07) is 0.281. The number of hydrogen-bond donors (Lipinski definition) is 1. The van der Waals surface area contributed by atoms with Crippen LogP contribution in [0.5, 0.6) is 0 Å². The molecule has 68 valence electrons. The third-order valence-electron chi connectivity index (χ3n) is 1.46. The molecule has 0 spiro atoms. The smallest absolute Gasteiger partial charge is 0.159 e. The SMILES string of the molecule is CC.CC(=O)C1=CC(C)NC=C1. The lowest BCUT2D eigenvalue weighted by molar-refractivity contribution is -0.113. The molecule has 0 radical (unpaired) electrons. The van der Waals surface area contributed by atoms with Crippen LogP contribution in [0.3, 0.4) is 0 Å². The number of dihydropyridines is 1. The second-order valence-electron chi connectivity index (χ2n) is 2.47. The lowest BCUT2D eigenvalue weighted by atomic mass is 10.1. The van der Waals surface area contributed by atoms with Gasteiger partial charge in [0.2, 0.25) is 0 Å². The molecule has 1 atom stereocenters. The molecule has 0 bridgehead atoms. The van der Waals surface area contributed by atoms with Gasteiger partial charge in [0.25, 0.3) is 0 Å². The van der Waals surface area contributed by atoms with Crippen LogP contribution >= 0.6 is 0 Å². The molecule has 2 nitrogen and oxygen atoms in total. The molecular weight excluding hydrogens is 150 g/mol. The lowest BCUT2D eigenvalue weighted by Crippen LogP contribution is -2.22. The number of carbonyl (C=O) groups is 1. The second-order valence-corrected chi connectivity index (χ2v) is 2.47. The highest BCUT2D eigenvalue weighted by atomic mass is 16.1. The Morgan fingerprint density at radius 1 is 1.50 bits per heavy atom. The van der Waals surface area contributed by atoms with Crippen LogP contribution < -0.4 is 5.32 Å². The Bertz CT molecular complexity index is 204. The maximum atomic E-state index is 10.8. The van der Waals surface area contributed by atoms with Gasteiger partial charge < -0.3 is 5.32 Å². The first-order valence-corrected chi connectivity index (χ1v) is 4.35. The summed E-state index contributed by atoms with van der Waals surface area (Å²) in [6.45, 7) is 7.58. The van der Waals surface area contributed by atoms with Crippen LogP contribution in [0.4, 0.5) is 0 Å². The Hall–Kier alpha value is -1.05. The first kappa shape index (κ1) is 11.0. The molecule has 0 aromatic carbocycles. The zero-order valence-electron chi connectivity index (χ0n) is 8.22. The molecule has 1 N–H and O–H groups in total. The van der Waals surface area contributed by atoms with Gasteiger partial charge in [-0.1, -0.05) is 19.9 Å². The summed E-state index contributed by atoms with van der Waals surface area (Å²) in [4.78, 5) is 10.8. The highest BCUT2D eigenvalue weighted by molar-refractivity contribution is 5.96. The van der Waals surface area contributed by atoms with Crippen LogP contribution in [0.1, 0.15) is 27.7 Å². The van der Waals surface area contributed by atoms with Crippen molar-refractivity contribution in [2.45, 2.75) is 33.7 Å². The molecule has 0 aliphatic carbocycles. The summed E-state index contributed by atoms with van der Waals surface area (Å²) in [5, 5.41) is 3.06. The van der Waals surface area contributed by atoms with Crippen molar-refractivity contribution in [2.75, 3.05) is 0 Å². The molecule has 1 aliphatic heterocycles. The summed E-state index contributed by atoms with van der Waals surface area (Å²) < 4.78 is 0. The number of ketones is 1. The zero-order chi connectivity index (χ0) is 9.56. The molecule has 0 saturated carbocycles. The van der Waals surface area contributed by atoms with Gasteiger partial charge in [-0.25, -0.2) is 0 Å². The Morgan fingerprint density at radius 3 is 2.42 bits per heavy atom. The molecule has 2 heteroatoms. The van der Waals surface area contributed by atoms with Crippen LogP contribution in [-0.4, -0.2) is 11.8 Å². The summed E-state index contributed by atoms with van der Waals surface area (Å²) in [5.74, 6) is 0.129. The number of Topliss-reactive ketones (excluding diaryl/α,β-unsaturated/α-hetero) is 1. The molecule has 0 aromatic heterocycles. The minimum absolute atomic E-state index is 0.129. The van der Waals surface area contributed by atoms with E-state index in [4.69, 9.17) is 0 Å². The Labute approximate surface area is 74.4 Å². The minimum atomic E-state index is 0.129. The van der Waals surface area contributed by atoms with Gasteiger partial charge in [-0.15, -0.1) is 0 Å². The lowest BCUT2D eigenvalue weighted by Gasteiger charge is -2.12. The quantitative estimate of drug-likeness (QED) is 0.647. The van der Waals surface area contributed by atoms with Crippen molar-refractivity contribution in [2.24, 2.45) is 0 Å². The van der Waals surface area contributed by atoms with Crippen LogP contribution in [0.25, 0.3) is 0 Å². The van der Waals surface area contributed by atoms with Crippen molar-refractivity contribution < 1.29 is 4.79 Å². The molecule has 0 saturated heterocycles. The fourth-order valence-electron chi connectivity index (χ4n) is 0.897. The van der Waals surface area contributed by atoms with Crippen molar-refractivity contribution in [1.29, 1.82) is 0 Å². The standard InChI is InChI=1S/C8H11NO.C2H6/c1-6-5-8(7(2)10)3-4-9-6;1-2/h3-6,9H,1-2H3;1-2H3. The molecular formula is C10H17NO. The van der Waals surface area contributed by atoms with Crippen molar-refractivity contribution in [3.05, 3.63) is 23.9 Å². The maximum Gasteiger partial charge on any atom is 0.159 e. The summed E-state index contributed by atoms with van der Waals surface area (Å²) in [6.07, 6.45) is 5.52.